The van der Waals surface area contributed by atoms with Crippen molar-refractivity contribution in [2.45, 2.75) is 0 Å². The highest BCUT2D eigenvalue weighted by Gasteiger charge is 1.97. The van der Waals surface area contributed by atoms with Crippen molar-refractivity contribution >= 4 is 67.0 Å². The van der Waals surface area contributed by atoms with Gasteiger partial charge in [0.2, 0.25) is 0 Å². The van der Waals surface area contributed by atoms with E-state index >= 15 is 0 Å². The quantitative estimate of drug-likeness (QED) is 0.542. The summed E-state index contributed by atoms with van der Waals surface area (Å²) in [5.41, 5.74) is 0. The van der Waals surface area contributed by atoms with Crippen LogP contribution in [0.5, 0.6) is 0 Å². The lowest BCUT2D eigenvalue weighted by molar-refractivity contribution is 1.27. The minimum Gasteiger partial charge on any atom is -0.158 e. The fourth-order valence-corrected chi connectivity index (χ4v) is 3.63. The van der Waals surface area contributed by atoms with Crippen LogP contribution in [0.4, 0.5) is 0 Å². The van der Waals surface area contributed by atoms with Crippen LogP contribution in [0, 0.1) is 0 Å². The zero-order valence-corrected chi connectivity index (χ0v) is 12.7. The highest BCUT2D eigenvalue weighted by atomic mass is 79.9. The molecule has 0 aliphatic heterocycles. The Balaban J connectivity index is 2.03. The van der Waals surface area contributed by atoms with Crippen LogP contribution in [0.3, 0.4) is 0 Å². The van der Waals surface area contributed by atoms with Crippen LogP contribution in [0.1, 0.15) is 9.75 Å². The summed E-state index contributed by atoms with van der Waals surface area (Å²) in [6, 6.07) is 3.98. The number of rotatable bonds is 3. The molecule has 0 spiro atoms. The molecule has 0 saturated heterocycles. The first kappa shape index (κ1) is 12.2. The summed E-state index contributed by atoms with van der Waals surface area (Å²) in [4.78, 5) is 2.14. The highest BCUT2D eigenvalue weighted by Crippen LogP contribution is 2.21. The molecule has 0 radical (unpaired) electrons. The lowest BCUT2D eigenvalue weighted by atomic mass is 10.5. The van der Waals surface area contributed by atoms with Crippen molar-refractivity contribution in [2.24, 2.45) is 10.2 Å². The van der Waals surface area contributed by atoms with Gasteiger partial charge < -0.3 is 0 Å². The van der Waals surface area contributed by atoms with E-state index in [1.54, 1.807) is 35.1 Å². The van der Waals surface area contributed by atoms with Crippen LogP contribution in [0.2, 0.25) is 0 Å². The van der Waals surface area contributed by atoms with E-state index < -0.39 is 0 Å². The minimum absolute atomic E-state index is 1.05. The van der Waals surface area contributed by atoms with Gasteiger partial charge in [0, 0.05) is 8.95 Å². The molecule has 0 aromatic carbocycles. The molecule has 2 heterocycles. The Kier molecular flexibility index (Phi) is 4.45. The van der Waals surface area contributed by atoms with E-state index in [1.165, 1.54) is 0 Å². The Labute approximate surface area is 118 Å². The molecule has 6 heteroatoms. The Morgan fingerprint density at radius 2 is 1.31 bits per heavy atom. The Bertz CT molecular complexity index is 480. The van der Waals surface area contributed by atoms with Crippen molar-refractivity contribution in [3.8, 4) is 0 Å². The fraction of sp³-hybridized carbons (Fsp3) is 0. The number of thiophene rings is 2. The standard InChI is InChI=1S/C10H6Br2N2S2/c11-7-1-3-15-9(7)5-13-14-6-10-8(12)2-4-16-10/h1-6H. The van der Waals surface area contributed by atoms with Gasteiger partial charge in [0.05, 0.1) is 22.2 Å². The molecule has 2 aromatic heterocycles. The van der Waals surface area contributed by atoms with Gasteiger partial charge in [-0.1, -0.05) is 0 Å². The molecular formula is C10H6Br2N2S2. The van der Waals surface area contributed by atoms with Crippen molar-refractivity contribution in [2.75, 3.05) is 0 Å². The zero-order valence-electron chi connectivity index (χ0n) is 7.93. The van der Waals surface area contributed by atoms with Crippen molar-refractivity contribution in [1.82, 2.24) is 0 Å². The van der Waals surface area contributed by atoms with E-state index in [1.807, 2.05) is 22.9 Å². The van der Waals surface area contributed by atoms with Gasteiger partial charge >= 0.3 is 0 Å². The normalized spacial score (nSPS) is 11.9. The molecule has 16 heavy (non-hydrogen) atoms. The molecule has 0 N–H and O–H groups in total. The predicted octanol–water partition coefficient (Wildman–Crippen LogP) is 4.79. The first-order valence-corrected chi connectivity index (χ1v) is 7.64. The molecule has 2 rings (SSSR count). The van der Waals surface area contributed by atoms with Crippen molar-refractivity contribution < 1.29 is 0 Å². The van der Waals surface area contributed by atoms with Gasteiger partial charge in [0.15, 0.2) is 0 Å². The third-order valence-corrected chi connectivity index (χ3v) is 5.32. The lowest BCUT2D eigenvalue weighted by Gasteiger charge is -1.85. The van der Waals surface area contributed by atoms with Crippen molar-refractivity contribution in [3.63, 3.8) is 0 Å². The Morgan fingerprint density at radius 3 is 1.62 bits per heavy atom. The lowest BCUT2D eigenvalue weighted by Crippen LogP contribution is -1.75. The summed E-state index contributed by atoms with van der Waals surface area (Å²) in [6.07, 6.45) is 3.49. The molecule has 82 valence electrons. The fourth-order valence-electron chi connectivity index (χ4n) is 0.967. The molecule has 0 bridgehead atoms. The maximum atomic E-state index is 4.00. The monoisotopic (exact) mass is 376 g/mol. The maximum Gasteiger partial charge on any atom is 0.0679 e. The second-order valence-electron chi connectivity index (χ2n) is 2.75. The zero-order chi connectivity index (χ0) is 11.4. The number of hydrogen-bond acceptors (Lipinski definition) is 4. The molecular weight excluding hydrogens is 372 g/mol. The van der Waals surface area contributed by atoms with E-state index in [0.29, 0.717) is 0 Å². The average molecular weight is 378 g/mol. The van der Waals surface area contributed by atoms with Crippen LogP contribution in [0.15, 0.2) is 42.0 Å². The van der Waals surface area contributed by atoms with Gasteiger partial charge in [-0.15, -0.1) is 22.7 Å². The second kappa shape index (κ2) is 5.86. The molecule has 0 aliphatic carbocycles. The van der Waals surface area contributed by atoms with Gasteiger partial charge in [-0.3, -0.25) is 0 Å². The molecule has 2 aromatic rings. The van der Waals surface area contributed by atoms with Crippen LogP contribution >= 0.6 is 54.5 Å². The van der Waals surface area contributed by atoms with Gasteiger partial charge in [-0.25, -0.2) is 0 Å². The van der Waals surface area contributed by atoms with E-state index in [-0.39, 0.29) is 0 Å². The van der Waals surface area contributed by atoms with Crippen LogP contribution in [-0.4, -0.2) is 12.4 Å². The summed E-state index contributed by atoms with van der Waals surface area (Å²) in [7, 11) is 0. The Morgan fingerprint density at radius 1 is 0.875 bits per heavy atom. The first-order valence-electron chi connectivity index (χ1n) is 4.30. The number of hydrogen-bond donors (Lipinski definition) is 0. The molecule has 0 amide bonds. The largest absolute Gasteiger partial charge is 0.158 e. The average Bonchev–Trinajstić information content (AvgIpc) is 2.84. The SMILES string of the molecule is Brc1ccsc1C=NN=Cc1sccc1Br. The summed E-state index contributed by atoms with van der Waals surface area (Å²) >= 11 is 10.1. The molecule has 0 aliphatic rings. The summed E-state index contributed by atoms with van der Waals surface area (Å²) in [6.45, 7) is 0. The summed E-state index contributed by atoms with van der Waals surface area (Å²) in [5.74, 6) is 0. The van der Waals surface area contributed by atoms with Crippen LogP contribution in [-0.2, 0) is 0 Å². The first-order chi connectivity index (χ1) is 7.77. The number of halogens is 2. The molecule has 0 atom stereocenters. The summed E-state index contributed by atoms with van der Waals surface area (Å²) < 4.78 is 2.10. The minimum atomic E-state index is 1.05. The molecule has 2 nitrogen and oxygen atoms in total. The van der Waals surface area contributed by atoms with Gasteiger partial charge in [-0.2, -0.15) is 10.2 Å². The summed E-state index contributed by atoms with van der Waals surface area (Å²) in [5, 5.41) is 12.0. The van der Waals surface area contributed by atoms with Gasteiger partial charge in [-0.05, 0) is 54.8 Å². The molecule has 0 unspecified atom stereocenters. The van der Waals surface area contributed by atoms with Crippen LogP contribution in [0.25, 0.3) is 0 Å². The highest BCUT2D eigenvalue weighted by molar-refractivity contribution is 9.11. The van der Waals surface area contributed by atoms with E-state index in [2.05, 4.69) is 42.1 Å². The maximum absolute atomic E-state index is 4.00. The van der Waals surface area contributed by atoms with E-state index in [4.69, 9.17) is 0 Å². The third-order valence-electron chi connectivity index (χ3n) is 1.71. The Hall–Kier alpha value is -0.300. The van der Waals surface area contributed by atoms with E-state index in [0.717, 1.165) is 18.7 Å². The van der Waals surface area contributed by atoms with Crippen LogP contribution < -0.4 is 0 Å². The van der Waals surface area contributed by atoms with E-state index in [9.17, 15) is 0 Å². The molecule has 0 fully saturated rings. The third kappa shape index (κ3) is 3.10. The second-order valence-corrected chi connectivity index (χ2v) is 6.36. The van der Waals surface area contributed by atoms with Crippen molar-refractivity contribution in [1.29, 1.82) is 0 Å². The molecule has 0 saturated carbocycles. The number of nitrogens with zero attached hydrogens (tertiary/aromatic N) is 2. The van der Waals surface area contributed by atoms with Gasteiger partial charge in [0.25, 0.3) is 0 Å². The van der Waals surface area contributed by atoms with Gasteiger partial charge in [0.1, 0.15) is 0 Å². The topological polar surface area (TPSA) is 24.7 Å². The van der Waals surface area contributed by atoms with Crippen molar-refractivity contribution in [3.05, 3.63) is 41.6 Å². The smallest absolute Gasteiger partial charge is 0.0679 e. The predicted molar refractivity (Wildman–Crippen MR) is 79.2 cm³/mol.